The van der Waals surface area contributed by atoms with Gasteiger partial charge in [-0.3, -0.25) is 0 Å². The van der Waals surface area contributed by atoms with E-state index in [4.69, 9.17) is 0 Å². The summed E-state index contributed by atoms with van der Waals surface area (Å²) in [6, 6.07) is 0. The molecule has 0 saturated heterocycles. The molecule has 1 N–H and O–H groups in total. The molecule has 1 aromatic heterocycles. The molecule has 0 aliphatic heterocycles. The first-order valence-electron chi connectivity index (χ1n) is 4.78. The standard InChI is InChI=1S/C10H17N3S/c1-8(2)4-11-5-9-6-12-10(14-3)13-7-9/h6-8,11H,4-5H2,1-3H3. The maximum absolute atomic E-state index is 4.21. The summed E-state index contributed by atoms with van der Waals surface area (Å²) in [7, 11) is 0. The lowest BCUT2D eigenvalue weighted by Gasteiger charge is -2.06. The summed E-state index contributed by atoms with van der Waals surface area (Å²) in [5, 5.41) is 4.18. The summed E-state index contributed by atoms with van der Waals surface area (Å²) < 4.78 is 0. The van der Waals surface area contributed by atoms with Gasteiger partial charge in [-0.15, -0.1) is 0 Å². The highest BCUT2D eigenvalue weighted by Crippen LogP contribution is 2.06. The number of hydrogen-bond donors (Lipinski definition) is 1. The van der Waals surface area contributed by atoms with Gasteiger partial charge in [0, 0.05) is 24.5 Å². The van der Waals surface area contributed by atoms with Crippen molar-refractivity contribution in [2.75, 3.05) is 12.8 Å². The van der Waals surface area contributed by atoms with Crippen LogP contribution < -0.4 is 5.32 Å². The number of nitrogens with zero attached hydrogens (tertiary/aromatic N) is 2. The van der Waals surface area contributed by atoms with Crippen LogP contribution in [-0.2, 0) is 6.54 Å². The Kier molecular flexibility index (Phi) is 4.90. The van der Waals surface area contributed by atoms with Crippen LogP contribution in [0.4, 0.5) is 0 Å². The summed E-state index contributed by atoms with van der Waals surface area (Å²) in [5.74, 6) is 0.682. The second-order valence-electron chi connectivity index (χ2n) is 3.60. The van der Waals surface area contributed by atoms with Crippen LogP contribution in [0, 0.1) is 5.92 Å². The van der Waals surface area contributed by atoms with Crippen molar-refractivity contribution in [3.8, 4) is 0 Å². The van der Waals surface area contributed by atoms with E-state index in [-0.39, 0.29) is 0 Å². The quantitative estimate of drug-likeness (QED) is 0.596. The Labute approximate surface area is 89.7 Å². The first-order chi connectivity index (χ1) is 6.72. The van der Waals surface area contributed by atoms with Crippen molar-refractivity contribution in [1.82, 2.24) is 15.3 Å². The molecule has 78 valence electrons. The molecule has 0 saturated carbocycles. The SMILES string of the molecule is CSc1ncc(CNCC(C)C)cn1. The second kappa shape index (κ2) is 5.98. The molecular weight excluding hydrogens is 194 g/mol. The lowest BCUT2D eigenvalue weighted by Crippen LogP contribution is -2.19. The predicted octanol–water partition coefficient (Wildman–Crippen LogP) is 1.94. The molecule has 0 radical (unpaired) electrons. The van der Waals surface area contributed by atoms with Gasteiger partial charge in [-0.25, -0.2) is 9.97 Å². The Balaban J connectivity index is 2.36. The number of hydrogen-bond acceptors (Lipinski definition) is 4. The molecule has 0 aliphatic carbocycles. The molecule has 1 aromatic rings. The zero-order valence-corrected chi connectivity index (χ0v) is 9.77. The van der Waals surface area contributed by atoms with E-state index >= 15 is 0 Å². The van der Waals surface area contributed by atoms with Gasteiger partial charge in [0.1, 0.15) is 0 Å². The van der Waals surface area contributed by atoms with E-state index < -0.39 is 0 Å². The van der Waals surface area contributed by atoms with Gasteiger partial charge in [0.2, 0.25) is 0 Å². The number of rotatable bonds is 5. The second-order valence-corrected chi connectivity index (χ2v) is 4.38. The van der Waals surface area contributed by atoms with Crippen LogP contribution in [0.5, 0.6) is 0 Å². The number of aromatic nitrogens is 2. The van der Waals surface area contributed by atoms with Crippen molar-refractivity contribution in [3.05, 3.63) is 18.0 Å². The predicted molar refractivity (Wildman–Crippen MR) is 60.4 cm³/mol. The third-order valence-corrected chi connectivity index (χ3v) is 2.32. The van der Waals surface area contributed by atoms with E-state index in [0.717, 1.165) is 23.8 Å². The zero-order valence-electron chi connectivity index (χ0n) is 8.95. The third kappa shape index (κ3) is 4.07. The van der Waals surface area contributed by atoms with Gasteiger partial charge < -0.3 is 5.32 Å². The molecule has 0 aromatic carbocycles. The van der Waals surface area contributed by atoms with E-state index in [1.807, 2.05) is 18.6 Å². The van der Waals surface area contributed by atoms with Crippen LogP contribution in [0.1, 0.15) is 19.4 Å². The fraction of sp³-hybridized carbons (Fsp3) is 0.600. The molecule has 1 heterocycles. The summed E-state index contributed by atoms with van der Waals surface area (Å²) in [6.45, 7) is 6.28. The minimum absolute atomic E-state index is 0.682. The summed E-state index contributed by atoms with van der Waals surface area (Å²) >= 11 is 1.56. The van der Waals surface area contributed by atoms with Gasteiger partial charge in [0.05, 0.1) is 0 Å². The lowest BCUT2D eigenvalue weighted by atomic mass is 10.2. The Morgan fingerprint density at radius 1 is 1.36 bits per heavy atom. The van der Waals surface area contributed by atoms with Crippen molar-refractivity contribution in [3.63, 3.8) is 0 Å². The van der Waals surface area contributed by atoms with Crippen molar-refractivity contribution in [2.24, 2.45) is 5.92 Å². The Bertz CT molecular complexity index is 259. The topological polar surface area (TPSA) is 37.8 Å². The van der Waals surface area contributed by atoms with Gasteiger partial charge in [0.25, 0.3) is 0 Å². The van der Waals surface area contributed by atoms with Gasteiger partial charge in [-0.05, 0) is 18.7 Å². The van der Waals surface area contributed by atoms with Gasteiger partial charge in [-0.2, -0.15) is 0 Å². The molecule has 3 nitrogen and oxygen atoms in total. The molecule has 0 atom stereocenters. The van der Waals surface area contributed by atoms with Crippen LogP contribution in [0.25, 0.3) is 0 Å². The Hall–Kier alpha value is -0.610. The van der Waals surface area contributed by atoms with Crippen molar-refractivity contribution in [2.45, 2.75) is 25.5 Å². The van der Waals surface area contributed by atoms with Crippen molar-refractivity contribution in [1.29, 1.82) is 0 Å². The molecule has 0 unspecified atom stereocenters. The smallest absolute Gasteiger partial charge is 0.187 e. The van der Waals surface area contributed by atoms with Gasteiger partial charge >= 0.3 is 0 Å². The van der Waals surface area contributed by atoms with Crippen LogP contribution >= 0.6 is 11.8 Å². The minimum atomic E-state index is 0.682. The van der Waals surface area contributed by atoms with Crippen LogP contribution in [0.2, 0.25) is 0 Å². The maximum atomic E-state index is 4.21. The highest BCUT2D eigenvalue weighted by Gasteiger charge is 1.97. The highest BCUT2D eigenvalue weighted by molar-refractivity contribution is 7.98. The van der Waals surface area contributed by atoms with E-state index in [2.05, 4.69) is 29.1 Å². The normalized spacial score (nSPS) is 10.9. The third-order valence-electron chi connectivity index (χ3n) is 1.75. The van der Waals surface area contributed by atoms with E-state index in [0.29, 0.717) is 5.92 Å². The Morgan fingerprint density at radius 2 is 2.00 bits per heavy atom. The summed E-state index contributed by atoms with van der Waals surface area (Å²) in [4.78, 5) is 8.41. The average molecular weight is 211 g/mol. The van der Waals surface area contributed by atoms with E-state index in [9.17, 15) is 0 Å². The zero-order chi connectivity index (χ0) is 10.4. The minimum Gasteiger partial charge on any atom is -0.312 e. The fourth-order valence-electron chi connectivity index (χ4n) is 1.04. The molecule has 0 amide bonds. The largest absolute Gasteiger partial charge is 0.312 e. The summed E-state index contributed by atoms with van der Waals surface area (Å²) in [5.41, 5.74) is 1.14. The molecule has 0 aliphatic rings. The first-order valence-corrected chi connectivity index (χ1v) is 6.00. The first kappa shape index (κ1) is 11.5. The lowest BCUT2D eigenvalue weighted by molar-refractivity contribution is 0.550. The van der Waals surface area contributed by atoms with Crippen molar-refractivity contribution >= 4 is 11.8 Å². The summed E-state index contributed by atoms with van der Waals surface area (Å²) in [6.07, 6.45) is 5.74. The molecule has 0 bridgehead atoms. The van der Waals surface area contributed by atoms with Crippen molar-refractivity contribution < 1.29 is 0 Å². The molecular formula is C10H17N3S. The van der Waals surface area contributed by atoms with Gasteiger partial charge in [-0.1, -0.05) is 25.6 Å². The highest BCUT2D eigenvalue weighted by atomic mass is 32.2. The van der Waals surface area contributed by atoms with E-state index in [1.165, 1.54) is 0 Å². The maximum Gasteiger partial charge on any atom is 0.187 e. The van der Waals surface area contributed by atoms with Crippen LogP contribution in [-0.4, -0.2) is 22.8 Å². The molecule has 4 heteroatoms. The molecule has 14 heavy (non-hydrogen) atoms. The molecule has 0 fully saturated rings. The molecule has 1 rings (SSSR count). The van der Waals surface area contributed by atoms with E-state index in [1.54, 1.807) is 11.8 Å². The van der Waals surface area contributed by atoms with Crippen LogP contribution in [0.15, 0.2) is 17.6 Å². The average Bonchev–Trinajstić information content (AvgIpc) is 2.18. The van der Waals surface area contributed by atoms with Crippen LogP contribution in [0.3, 0.4) is 0 Å². The monoisotopic (exact) mass is 211 g/mol. The fourth-order valence-corrected chi connectivity index (χ4v) is 1.36. The van der Waals surface area contributed by atoms with Gasteiger partial charge in [0.15, 0.2) is 5.16 Å². The number of thioether (sulfide) groups is 1. The molecule has 0 spiro atoms. The Morgan fingerprint density at radius 3 is 2.50 bits per heavy atom. The number of nitrogens with one attached hydrogen (secondary N) is 1.